The van der Waals surface area contributed by atoms with Crippen LogP contribution in [0, 0.1) is 0 Å². The summed E-state index contributed by atoms with van der Waals surface area (Å²) >= 11 is 0. The minimum atomic E-state index is -3.85. The van der Waals surface area contributed by atoms with E-state index in [-0.39, 0.29) is 37.9 Å². The van der Waals surface area contributed by atoms with Gasteiger partial charge in [0.1, 0.15) is 24.4 Å². The first-order valence-electron chi connectivity index (χ1n) is 20.1. The Bertz CT molecular complexity index is 2250. The van der Waals surface area contributed by atoms with Gasteiger partial charge in [0.25, 0.3) is 10.0 Å². The van der Waals surface area contributed by atoms with E-state index in [0.29, 0.717) is 30.8 Å². The summed E-state index contributed by atoms with van der Waals surface area (Å²) in [5, 5.41) is 0.819. The fourth-order valence-corrected chi connectivity index (χ4v) is 8.58. The van der Waals surface area contributed by atoms with Gasteiger partial charge in [-0.1, -0.05) is 97.1 Å². The fourth-order valence-electron chi connectivity index (χ4n) is 7.17. The van der Waals surface area contributed by atoms with Crippen molar-refractivity contribution in [2.45, 2.75) is 81.1 Å². The van der Waals surface area contributed by atoms with Gasteiger partial charge in [-0.3, -0.25) is 9.97 Å². The standard InChI is InChI=1S/C46H52N4O8S/c47-24-13-4-14-27-53-34-42-43(57-33-38-29-48-25-26-49-38)44(55-31-35-15-5-1-6-16-35)45(56-32-36-17-7-2-8-18-36)46(58-42)54-28-23-37-30-50(41-22-12-11-21-40(37)41)59(51,52)39-19-9-3-10-20-39/h1-3,5-12,15-22,25-26,29-30,42-46H,4,13-14,23-24,27-28,31-34,47H2/t42-,43-,44+,45-,46-/m1/s1. The van der Waals surface area contributed by atoms with Crippen molar-refractivity contribution >= 4 is 20.9 Å². The van der Waals surface area contributed by atoms with Crippen LogP contribution in [0.1, 0.15) is 41.6 Å². The molecule has 3 heterocycles. The highest BCUT2D eigenvalue weighted by molar-refractivity contribution is 7.90. The zero-order valence-corrected chi connectivity index (χ0v) is 33.9. The molecule has 4 aromatic carbocycles. The van der Waals surface area contributed by atoms with Gasteiger partial charge in [-0.05, 0) is 67.1 Å². The molecule has 0 aliphatic carbocycles. The highest BCUT2D eigenvalue weighted by atomic mass is 32.2. The molecule has 0 amide bonds. The summed E-state index contributed by atoms with van der Waals surface area (Å²) in [4.78, 5) is 8.88. The summed E-state index contributed by atoms with van der Waals surface area (Å²) in [7, 11) is -3.85. The maximum absolute atomic E-state index is 13.8. The van der Waals surface area contributed by atoms with Crippen molar-refractivity contribution < 1.29 is 36.8 Å². The molecule has 1 fully saturated rings. The molecule has 13 heteroatoms. The van der Waals surface area contributed by atoms with Gasteiger partial charge < -0.3 is 34.2 Å². The second-order valence-corrected chi connectivity index (χ2v) is 16.2. The maximum atomic E-state index is 13.8. The predicted octanol–water partition coefficient (Wildman–Crippen LogP) is 6.85. The molecule has 7 rings (SSSR count). The Morgan fingerprint density at radius 3 is 2.03 bits per heavy atom. The van der Waals surface area contributed by atoms with Crippen molar-refractivity contribution in [1.29, 1.82) is 0 Å². The molecule has 6 aromatic rings. The quantitative estimate of drug-likeness (QED) is 0.0718. The number of rotatable bonds is 22. The van der Waals surface area contributed by atoms with Crippen LogP contribution in [-0.4, -0.2) is 79.4 Å². The molecule has 310 valence electrons. The molecule has 5 atom stereocenters. The van der Waals surface area contributed by atoms with E-state index in [1.807, 2.05) is 84.9 Å². The predicted molar refractivity (Wildman–Crippen MR) is 224 cm³/mol. The lowest BCUT2D eigenvalue weighted by Crippen LogP contribution is -2.62. The van der Waals surface area contributed by atoms with Crippen LogP contribution >= 0.6 is 0 Å². The normalized spacial score (nSPS) is 19.6. The molecule has 0 saturated carbocycles. The Kier molecular flexibility index (Phi) is 15.4. The van der Waals surface area contributed by atoms with Gasteiger partial charge in [0, 0.05) is 30.6 Å². The van der Waals surface area contributed by atoms with Crippen LogP contribution in [0.5, 0.6) is 0 Å². The Hall–Kier alpha value is -4.83. The van der Waals surface area contributed by atoms with Crippen molar-refractivity contribution in [3.8, 4) is 0 Å². The molecule has 0 unspecified atom stereocenters. The van der Waals surface area contributed by atoms with Crippen molar-refractivity contribution in [2.24, 2.45) is 5.73 Å². The van der Waals surface area contributed by atoms with Gasteiger partial charge in [0.05, 0.1) is 55.3 Å². The van der Waals surface area contributed by atoms with E-state index in [1.165, 1.54) is 3.97 Å². The van der Waals surface area contributed by atoms with Crippen LogP contribution in [0.2, 0.25) is 0 Å². The molecular weight excluding hydrogens is 769 g/mol. The molecule has 1 aliphatic heterocycles. The largest absolute Gasteiger partial charge is 0.379 e. The van der Waals surface area contributed by atoms with Crippen LogP contribution in [0.25, 0.3) is 10.9 Å². The summed E-state index contributed by atoms with van der Waals surface area (Å²) in [6.45, 7) is 2.29. The molecule has 2 aromatic heterocycles. The number of aromatic nitrogens is 3. The topological polar surface area (TPSA) is 146 Å². The smallest absolute Gasteiger partial charge is 0.268 e. The molecule has 2 N–H and O–H groups in total. The highest BCUT2D eigenvalue weighted by Gasteiger charge is 2.49. The van der Waals surface area contributed by atoms with Crippen molar-refractivity contribution in [3.05, 3.63) is 162 Å². The third-order valence-electron chi connectivity index (χ3n) is 10.2. The van der Waals surface area contributed by atoms with Crippen molar-refractivity contribution in [2.75, 3.05) is 26.4 Å². The van der Waals surface area contributed by atoms with Crippen LogP contribution in [0.15, 0.2) is 145 Å². The minimum absolute atomic E-state index is 0.160. The van der Waals surface area contributed by atoms with E-state index in [9.17, 15) is 8.42 Å². The first-order chi connectivity index (χ1) is 29.0. The van der Waals surface area contributed by atoms with Gasteiger partial charge in [0.2, 0.25) is 0 Å². The number of unbranched alkanes of at least 4 members (excludes halogenated alkanes) is 2. The summed E-state index contributed by atoms with van der Waals surface area (Å²) in [6.07, 6.45) is 6.18. The van der Waals surface area contributed by atoms with Crippen LogP contribution in [0.4, 0.5) is 0 Å². The van der Waals surface area contributed by atoms with Crippen LogP contribution in [0.3, 0.4) is 0 Å². The van der Waals surface area contributed by atoms with Gasteiger partial charge >= 0.3 is 0 Å². The Morgan fingerprint density at radius 2 is 1.34 bits per heavy atom. The lowest BCUT2D eigenvalue weighted by molar-refractivity contribution is -0.328. The third kappa shape index (κ3) is 11.3. The molecule has 12 nitrogen and oxygen atoms in total. The monoisotopic (exact) mass is 820 g/mol. The van der Waals surface area contributed by atoms with E-state index in [0.717, 1.165) is 41.3 Å². The highest BCUT2D eigenvalue weighted by Crippen LogP contribution is 2.32. The van der Waals surface area contributed by atoms with Crippen molar-refractivity contribution in [1.82, 2.24) is 13.9 Å². The van der Waals surface area contributed by atoms with Crippen LogP contribution in [-0.2, 0) is 64.7 Å². The number of para-hydroxylation sites is 1. The minimum Gasteiger partial charge on any atom is -0.379 e. The number of fused-ring (bicyclic) bond motifs is 1. The molecule has 1 saturated heterocycles. The average Bonchev–Trinajstić information content (AvgIpc) is 3.66. The fraction of sp³-hybridized carbons (Fsp3) is 0.348. The van der Waals surface area contributed by atoms with E-state index in [1.54, 1.807) is 55.1 Å². The van der Waals surface area contributed by atoms with Crippen molar-refractivity contribution in [3.63, 3.8) is 0 Å². The average molecular weight is 821 g/mol. The summed E-state index contributed by atoms with van der Waals surface area (Å²) < 4.78 is 68.9. The number of nitrogens with zero attached hydrogens (tertiary/aromatic N) is 3. The molecule has 59 heavy (non-hydrogen) atoms. The van der Waals surface area contributed by atoms with Gasteiger partial charge in [-0.15, -0.1) is 0 Å². The Balaban J connectivity index is 1.18. The summed E-state index contributed by atoms with van der Waals surface area (Å²) in [5.41, 5.74) is 9.75. The second kappa shape index (κ2) is 21.4. The van der Waals surface area contributed by atoms with E-state index in [2.05, 4.69) is 9.97 Å². The molecule has 0 spiro atoms. The van der Waals surface area contributed by atoms with Gasteiger partial charge in [-0.2, -0.15) is 0 Å². The first kappa shape index (κ1) is 42.3. The Morgan fingerprint density at radius 1 is 0.678 bits per heavy atom. The Labute approximate surface area is 346 Å². The number of hydrogen-bond acceptors (Lipinski definition) is 11. The number of ether oxygens (including phenoxy) is 6. The number of nitrogens with two attached hydrogens (primary N) is 1. The SMILES string of the molecule is NCCCCCOC[C@H]1O[C@@H](OCCc2cn(S(=O)(=O)c3ccccc3)c3ccccc23)[C@H](OCc2ccccc2)[C@@H](OCc2ccccc2)[C@@H]1OCc1cnccn1. The number of benzene rings is 4. The summed E-state index contributed by atoms with van der Waals surface area (Å²) in [5.74, 6) is 0. The number of hydrogen-bond donors (Lipinski definition) is 1. The first-order valence-corrected chi connectivity index (χ1v) is 21.6. The maximum Gasteiger partial charge on any atom is 0.268 e. The van der Waals surface area contributed by atoms with E-state index < -0.39 is 40.7 Å². The van der Waals surface area contributed by atoms with Gasteiger partial charge in [0.15, 0.2) is 6.29 Å². The lowest BCUT2D eigenvalue weighted by Gasteiger charge is -2.45. The molecule has 1 aliphatic rings. The summed E-state index contributed by atoms with van der Waals surface area (Å²) in [6, 6.07) is 35.8. The van der Waals surface area contributed by atoms with E-state index >= 15 is 0 Å². The molecule has 0 bridgehead atoms. The zero-order chi connectivity index (χ0) is 40.7. The second-order valence-electron chi connectivity index (χ2n) is 14.4. The zero-order valence-electron chi connectivity index (χ0n) is 33.0. The van der Waals surface area contributed by atoms with E-state index in [4.69, 9.17) is 34.2 Å². The van der Waals surface area contributed by atoms with Gasteiger partial charge in [-0.25, -0.2) is 12.4 Å². The molecular formula is C46H52N4O8S. The van der Waals surface area contributed by atoms with Crippen LogP contribution < -0.4 is 5.73 Å². The lowest BCUT2D eigenvalue weighted by atomic mass is 9.97. The molecule has 0 radical (unpaired) electrons. The third-order valence-corrected chi connectivity index (χ3v) is 11.9.